The average Bonchev–Trinajstić information content (AvgIpc) is 2.26. The molecule has 5 nitrogen and oxygen atoms in total. The molecular formula is C12H17ClN2O3S. The summed E-state index contributed by atoms with van der Waals surface area (Å²) in [5.41, 5.74) is -0.514. The van der Waals surface area contributed by atoms with Crippen LogP contribution in [-0.4, -0.2) is 42.5 Å². The smallest absolute Gasteiger partial charge is 0.246 e. The van der Waals surface area contributed by atoms with Crippen LogP contribution >= 0.6 is 11.6 Å². The molecule has 0 aromatic carbocycles. The highest BCUT2D eigenvalue weighted by Gasteiger charge is 2.38. The van der Waals surface area contributed by atoms with E-state index in [-0.39, 0.29) is 16.2 Å². The number of sulfonamides is 1. The third-order valence-corrected chi connectivity index (χ3v) is 5.14. The standard InChI is InChI=1S/C12H17ClN2O3S/c1-9-7-15(8-12(2,3)18-9)19(16,17)10-5-4-6-14-11(10)13/h4-6,9H,7-8H2,1-3H3. The zero-order chi connectivity index (χ0) is 14.3. The first kappa shape index (κ1) is 14.7. The Balaban J connectivity index is 2.38. The fourth-order valence-corrected chi connectivity index (χ4v) is 4.37. The summed E-state index contributed by atoms with van der Waals surface area (Å²) in [4.78, 5) is 3.87. The van der Waals surface area contributed by atoms with E-state index in [9.17, 15) is 8.42 Å². The van der Waals surface area contributed by atoms with E-state index in [0.717, 1.165) is 0 Å². The largest absolute Gasteiger partial charge is 0.370 e. The second-order valence-corrected chi connectivity index (χ2v) is 7.54. The van der Waals surface area contributed by atoms with E-state index >= 15 is 0 Å². The number of pyridine rings is 1. The number of hydrogen-bond donors (Lipinski definition) is 0. The van der Waals surface area contributed by atoms with E-state index < -0.39 is 15.6 Å². The molecule has 1 saturated heterocycles. The number of halogens is 1. The molecule has 1 aliphatic rings. The van der Waals surface area contributed by atoms with E-state index in [1.165, 1.54) is 16.6 Å². The first-order valence-electron chi connectivity index (χ1n) is 6.01. The van der Waals surface area contributed by atoms with E-state index in [0.29, 0.717) is 13.1 Å². The van der Waals surface area contributed by atoms with Crippen LogP contribution in [0.4, 0.5) is 0 Å². The van der Waals surface area contributed by atoms with E-state index in [1.807, 2.05) is 20.8 Å². The molecule has 0 amide bonds. The molecule has 1 unspecified atom stereocenters. The molecule has 0 aliphatic carbocycles. The third kappa shape index (κ3) is 3.08. The fourth-order valence-electron chi connectivity index (χ4n) is 2.28. The molecule has 0 bridgehead atoms. The molecule has 1 atom stereocenters. The predicted octanol–water partition coefficient (Wildman–Crippen LogP) is 1.92. The van der Waals surface area contributed by atoms with Crippen molar-refractivity contribution in [2.45, 2.75) is 37.4 Å². The minimum Gasteiger partial charge on any atom is -0.370 e. The zero-order valence-electron chi connectivity index (χ0n) is 11.1. The van der Waals surface area contributed by atoms with Gasteiger partial charge < -0.3 is 4.74 Å². The van der Waals surface area contributed by atoms with Gasteiger partial charge in [0.2, 0.25) is 10.0 Å². The van der Waals surface area contributed by atoms with Crippen molar-refractivity contribution in [2.24, 2.45) is 0 Å². The molecule has 0 spiro atoms. The van der Waals surface area contributed by atoms with Crippen molar-refractivity contribution in [3.8, 4) is 0 Å². The normalized spacial score (nSPS) is 24.3. The van der Waals surface area contributed by atoms with Crippen molar-refractivity contribution in [3.05, 3.63) is 23.5 Å². The summed E-state index contributed by atoms with van der Waals surface area (Å²) in [6.45, 7) is 6.21. The molecular weight excluding hydrogens is 288 g/mol. The number of morpholine rings is 1. The van der Waals surface area contributed by atoms with Gasteiger partial charge in [-0.2, -0.15) is 4.31 Å². The summed E-state index contributed by atoms with van der Waals surface area (Å²) >= 11 is 5.89. The molecule has 0 radical (unpaired) electrons. The van der Waals surface area contributed by atoms with Crippen LogP contribution in [0.5, 0.6) is 0 Å². The quantitative estimate of drug-likeness (QED) is 0.783. The van der Waals surface area contributed by atoms with Gasteiger partial charge >= 0.3 is 0 Å². The molecule has 7 heteroatoms. The zero-order valence-corrected chi connectivity index (χ0v) is 12.7. The van der Waals surface area contributed by atoms with Crippen molar-refractivity contribution in [2.75, 3.05) is 13.1 Å². The Bertz CT molecular complexity index is 574. The van der Waals surface area contributed by atoms with Crippen LogP contribution in [0.3, 0.4) is 0 Å². The monoisotopic (exact) mass is 304 g/mol. The molecule has 2 rings (SSSR count). The van der Waals surface area contributed by atoms with Crippen LogP contribution in [0.1, 0.15) is 20.8 Å². The van der Waals surface area contributed by atoms with Crippen molar-refractivity contribution < 1.29 is 13.2 Å². The Morgan fingerprint density at radius 1 is 1.53 bits per heavy atom. The van der Waals surface area contributed by atoms with Crippen LogP contribution < -0.4 is 0 Å². The maximum absolute atomic E-state index is 12.6. The molecule has 1 fully saturated rings. The van der Waals surface area contributed by atoms with Gasteiger partial charge in [-0.05, 0) is 32.9 Å². The van der Waals surface area contributed by atoms with Gasteiger partial charge in [0.15, 0.2) is 0 Å². The molecule has 1 aliphatic heterocycles. The second-order valence-electron chi connectivity index (χ2n) is 5.28. The van der Waals surface area contributed by atoms with E-state index in [2.05, 4.69) is 4.98 Å². The summed E-state index contributed by atoms with van der Waals surface area (Å²) in [5, 5.41) is -0.000508. The van der Waals surface area contributed by atoms with Crippen molar-refractivity contribution >= 4 is 21.6 Å². The molecule has 1 aromatic rings. The first-order chi connectivity index (χ1) is 8.72. The van der Waals surface area contributed by atoms with Gasteiger partial charge in [0.25, 0.3) is 0 Å². The number of nitrogens with zero attached hydrogens (tertiary/aromatic N) is 2. The fraction of sp³-hybridized carbons (Fsp3) is 0.583. The van der Waals surface area contributed by atoms with Gasteiger partial charge in [-0.25, -0.2) is 13.4 Å². The summed E-state index contributed by atoms with van der Waals surface area (Å²) in [6.07, 6.45) is 1.31. The van der Waals surface area contributed by atoms with E-state index in [1.54, 1.807) is 6.07 Å². The van der Waals surface area contributed by atoms with Gasteiger partial charge in [-0.3, -0.25) is 0 Å². The highest BCUT2D eigenvalue weighted by molar-refractivity contribution is 7.89. The van der Waals surface area contributed by atoms with Gasteiger partial charge in [0.1, 0.15) is 10.0 Å². The first-order valence-corrected chi connectivity index (χ1v) is 7.83. The van der Waals surface area contributed by atoms with Gasteiger partial charge in [0, 0.05) is 19.3 Å². The summed E-state index contributed by atoms with van der Waals surface area (Å²) < 4.78 is 32.3. The lowest BCUT2D eigenvalue weighted by Crippen LogP contribution is -2.53. The van der Waals surface area contributed by atoms with Crippen LogP contribution in [0.15, 0.2) is 23.2 Å². The highest BCUT2D eigenvalue weighted by Crippen LogP contribution is 2.28. The maximum atomic E-state index is 12.6. The lowest BCUT2D eigenvalue weighted by Gasteiger charge is -2.40. The Morgan fingerprint density at radius 2 is 2.21 bits per heavy atom. The minimum atomic E-state index is -3.64. The van der Waals surface area contributed by atoms with Crippen molar-refractivity contribution in [1.29, 1.82) is 0 Å². The molecule has 2 heterocycles. The number of hydrogen-bond acceptors (Lipinski definition) is 4. The van der Waals surface area contributed by atoms with Crippen molar-refractivity contribution in [1.82, 2.24) is 9.29 Å². The highest BCUT2D eigenvalue weighted by atomic mass is 35.5. The number of ether oxygens (including phenoxy) is 1. The second kappa shape index (κ2) is 5.01. The van der Waals surface area contributed by atoms with Gasteiger partial charge in [-0.1, -0.05) is 11.6 Å². The SMILES string of the molecule is CC1CN(S(=O)(=O)c2cccnc2Cl)CC(C)(C)O1. The number of rotatable bonds is 2. The predicted molar refractivity (Wildman–Crippen MR) is 72.6 cm³/mol. The van der Waals surface area contributed by atoms with E-state index in [4.69, 9.17) is 16.3 Å². The molecule has 0 N–H and O–H groups in total. The molecule has 1 aromatic heterocycles. The maximum Gasteiger partial charge on any atom is 0.246 e. The summed E-state index contributed by atoms with van der Waals surface area (Å²) in [7, 11) is -3.64. The van der Waals surface area contributed by atoms with Crippen LogP contribution in [0.25, 0.3) is 0 Å². The lowest BCUT2D eigenvalue weighted by atomic mass is 10.1. The van der Waals surface area contributed by atoms with Gasteiger partial charge in [0.05, 0.1) is 11.7 Å². The molecule has 106 valence electrons. The number of aromatic nitrogens is 1. The Labute approximate surface area is 118 Å². The summed E-state index contributed by atoms with van der Waals surface area (Å²) in [5.74, 6) is 0. The van der Waals surface area contributed by atoms with Gasteiger partial charge in [-0.15, -0.1) is 0 Å². The Hall–Kier alpha value is -0.690. The van der Waals surface area contributed by atoms with Crippen LogP contribution in [0.2, 0.25) is 5.15 Å². The lowest BCUT2D eigenvalue weighted by molar-refractivity contribution is -0.109. The minimum absolute atomic E-state index is 0.000508. The Kier molecular flexibility index (Phi) is 3.88. The topological polar surface area (TPSA) is 59.5 Å². The Morgan fingerprint density at radius 3 is 2.79 bits per heavy atom. The average molecular weight is 305 g/mol. The van der Waals surface area contributed by atoms with Crippen LogP contribution in [0, 0.1) is 0 Å². The van der Waals surface area contributed by atoms with Crippen LogP contribution in [-0.2, 0) is 14.8 Å². The summed E-state index contributed by atoms with van der Waals surface area (Å²) in [6, 6.07) is 3.03. The molecule has 19 heavy (non-hydrogen) atoms. The third-order valence-electron chi connectivity index (χ3n) is 2.88. The molecule has 0 saturated carbocycles. The van der Waals surface area contributed by atoms with Crippen molar-refractivity contribution in [3.63, 3.8) is 0 Å².